The van der Waals surface area contributed by atoms with Gasteiger partial charge in [-0.2, -0.15) is 0 Å². The first-order valence-corrected chi connectivity index (χ1v) is 29.4. The molecule has 1 amide bonds. The summed E-state index contributed by atoms with van der Waals surface area (Å²) in [5.41, 5.74) is 0. The summed E-state index contributed by atoms with van der Waals surface area (Å²) >= 11 is 0. The Kier molecular flexibility index (Phi) is 54.6. The Morgan fingerprint density at radius 3 is 1.18 bits per heavy atom. The van der Waals surface area contributed by atoms with Crippen molar-refractivity contribution in [3.63, 3.8) is 0 Å². The second kappa shape index (κ2) is 56.4. The normalized spacial score (nSPS) is 13.0. The van der Waals surface area contributed by atoms with Crippen LogP contribution in [-0.4, -0.2) is 47.4 Å². The van der Waals surface area contributed by atoms with Crippen molar-refractivity contribution in [1.29, 1.82) is 0 Å². The van der Waals surface area contributed by atoms with Crippen molar-refractivity contribution in [2.24, 2.45) is 0 Å². The first kappa shape index (κ1) is 64.8. The first-order chi connectivity index (χ1) is 33.0. The number of carbonyl (C=O) groups is 2. The highest BCUT2D eigenvalue weighted by molar-refractivity contribution is 5.76. The number of allylic oxidation sites excluding steroid dienone is 7. The van der Waals surface area contributed by atoms with Gasteiger partial charge >= 0.3 is 5.97 Å². The molecule has 2 atom stereocenters. The third-order valence-electron chi connectivity index (χ3n) is 13.3. The molecule has 6 nitrogen and oxygen atoms in total. The number of ether oxygens (including phenoxy) is 1. The predicted octanol–water partition coefficient (Wildman–Crippen LogP) is 18.2. The van der Waals surface area contributed by atoms with E-state index in [1.165, 1.54) is 218 Å². The van der Waals surface area contributed by atoms with Crippen molar-refractivity contribution in [3.8, 4) is 0 Å². The SMILES string of the molecule is CCCCCCCC/C=C\CCCCCCCC(=O)OCCCCCCCC/C=C\C/C=C\CCC(=O)NC(CO)C(O)/C=C/CCCCCCCCCCCCCCCCCCCCCC. The van der Waals surface area contributed by atoms with Crippen LogP contribution in [-0.2, 0) is 14.3 Å². The second-order valence-electron chi connectivity index (χ2n) is 20.0. The van der Waals surface area contributed by atoms with Crippen LogP contribution in [0, 0.1) is 0 Å². The Balaban J connectivity index is 3.58. The van der Waals surface area contributed by atoms with E-state index in [2.05, 4.69) is 49.5 Å². The minimum absolute atomic E-state index is 0.0265. The van der Waals surface area contributed by atoms with Crippen LogP contribution in [0.5, 0.6) is 0 Å². The predicted molar refractivity (Wildman–Crippen MR) is 292 cm³/mol. The van der Waals surface area contributed by atoms with E-state index >= 15 is 0 Å². The molecule has 3 N–H and O–H groups in total. The number of rotatable bonds is 54. The van der Waals surface area contributed by atoms with Crippen LogP contribution >= 0.6 is 0 Å². The minimum Gasteiger partial charge on any atom is -0.466 e. The maximum atomic E-state index is 12.4. The van der Waals surface area contributed by atoms with Crippen LogP contribution in [0.4, 0.5) is 0 Å². The summed E-state index contributed by atoms with van der Waals surface area (Å²) in [6.45, 7) is 4.84. The van der Waals surface area contributed by atoms with Crippen LogP contribution in [0.1, 0.15) is 303 Å². The lowest BCUT2D eigenvalue weighted by molar-refractivity contribution is -0.143. The number of carbonyl (C=O) groups excluding carboxylic acids is 2. The van der Waals surface area contributed by atoms with Gasteiger partial charge in [-0.25, -0.2) is 0 Å². The minimum atomic E-state index is -0.881. The van der Waals surface area contributed by atoms with Gasteiger partial charge in [0.15, 0.2) is 0 Å². The molecule has 0 aromatic rings. The summed E-state index contributed by atoms with van der Waals surface area (Å²) in [6, 6.07) is -0.674. The topological polar surface area (TPSA) is 95.9 Å². The van der Waals surface area contributed by atoms with Gasteiger partial charge in [0.05, 0.1) is 25.4 Å². The Labute approximate surface area is 416 Å². The first-order valence-electron chi connectivity index (χ1n) is 29.4. The van der Waals surface area contributed by atoms with Crippen LogP contribution in [0.15, 0.2) is 48.6 Å². The summed E-state index contributed by atoms with van der Waals surface area (Å²) < 4.78 is 5.45. The van der Waals surface area contributed by atoms with Gasteiger partial charge in [-0.1, -0.05) is 262 Å². The van der Waals surface area contributed by atoms with Gasteiger partial charge in [0.1, 0.15) is 0 Å². The van der Waals surface area contributed by atoms with Crippen LogP contribution in [0.2, 0.25) is 0 Å². The number of aliphatic hydroxyl groups is 2. The van der Waals surface area contributed by atoms with E-state index in [0.717, 1.165) is 51.4 Å². The molecule has 0 radical (unpaired) electrons. The lowest BCUT2D eigenvalue weighted by atomic mass is 10.0. The maximum Gasteiger partial charge on any atom is 0.305 e. The van der Waals surface area contributed by atoms with Gasteiger partial charge in [0.2, 0.25) is 5.91 Å². The summed E-state index contributed by atoms with van der Waals surface area (Å²) in [7, 11) is 0. The van der Waals surface area contributed by atoms with Crippen LogP contribution in [0.3, 0.4) is 0 Å². The van der Waals surface area contributed by atoms with Crippen molar-refractivity contribution in [3.05, 3.63) is 48.6 Å². The van der Waals surface area contributed by atoms with Crippen molar-refractivity contribution in [1.82, 2.24) is 5.32 Å². The highest BCUT2D eigenvalue weighted by Crippen LogP contribution is 2.16. The van der Waals surface area contributed by atoms with Crippen molar-refractivity contribution in [2.45, 2.75) is 315 Å². The van der Waals surface area contributed by atoms with E-state index in [1.807, 2.05) is 12.2 Å². The average Bonchev–Trinajstić information content (AvgIpc) is 3.33. The zero-order valence-electron chi connectivity index (χ0n) is 44.6. The standard InChI is InChI=1S/C61H113NO5/c1-3-5-7-9-11-13-15-17-19-20-21-22-23-24-25-27-29-33-37-41-45-49-53-59(64)58(57-63)62-60(65)54-50-46-42-38-34-30-28-32-36-40-44-48-52-56-67-61(66)55-51-47-43-39-35-31-26-18-16-14-12-10-8-6-4-2/h18,26,30,34,42,46,49,53,58-59,63-64H,3-17,19-25,27-29,31-33,35-41,43-45,47-48,50-52,54-57H2,1-2H3,(H,62,65)/b26-18-,34-30-,46-42-,53-49+. The van der Waals surface area contributed by atoms with Crippen molar-refractivity contribution in [2.75, 3.05) is 13.2 Å². The molecule has 0 saturated carbocycles. The Morgan fingerprint density at radius 1 is 0.418 bits per heavy atom. The number of hydrogen-bond donors (Lipinski definition) is 3. The van der Waals surface area contributed by atoms with E-state index in [4.69, 9.17) is 4.74 Å². The lowest BCUT2D eigenvalue weighted by Gasteiger charge is -2.19. The number of esters is 1. The monoisotopic (exact) mass is 940 g/mol. The Morgan fingerprint density at radius 2 is 0.761 bits per heavy atom. The molecule has 67 heavy (non-hydrogen) atoms. The largest absolute Gasteiger partial charge is 0.466 e. The fraction of sp³-hybridized carbons (Fsp3) is 0.836. The molecule has 392 valence electrons. The van der Waals surface area contributed by atoms with E-state index in [9.17, 15) is 19.8 Å². The maximum absolute atomic E-state index is 12.4. The molecule has 0 aliphatic heterocycles. The lowest BCUT2D eigenvalue weighted by Crippen LogP contribution is -2.45. The van der Waals surface area contributed by atoms with E-state index < -0.39 is 12.1 Å². The van der Waals surface area contributed by atoms with Gasteiger partial charge in [-0.05, 0) is 77.0 Å². The summed E-state index contributed by atoms with van der Waals surface area (Å²) in [6.07, 6.45) is 71.5. The number of aliphatic hydroxyl groups excluding tert-OH is 2. The highest BCUT2D eigenvalue weighted by atomic mass is 16.5. The van der Waals surface area contributed by atoms with Gasteiger partial charge in [0, 0.05) is 12.8 Å². The Bertz CT molecular complexity index is 1130. The second-order valence-corrected chi connectivity index (χ2v) is 20.0. The van der Waals surface area contributed by atoms with Crippen LogP contribution < -0.4 is 5.32 Å². The van der Waals surface area contributed by atoms with Gasteiger partial charge in [-0.15, -0.1) is 0 Å². The summed E-state index contributed by atoms with van der Waals surface area (Å²) in [5.74, 6) is -0.174. The quantitative estimate of drug-likeness (QED) is 0.0321. The molecule has 0 aliphatic carbocycles. The van der Waals surface area contributed by atoms with Gasteiger partial charge < -0.3 is 20.3 Å². The molecule has 0 aliphatic rings. The smallest absolute Gasteiger partial charge is 0.305 e. The summed E-state index contributed by atoms with van der Waals surface area (Å²) in [4.78, 5) is 24.5. The van der Waals surface area contributed by atoms with E-state index in [1.54, 1.807) is 6.08 Å². The fourth-order valence-electron chi connectivity index (χ4n) is 8.80. The molecule has 0 bridgehead atoms. The number of nitrogens with one attached hydrogen (secondary N) is 1. The molecule has 0 fully saturated rings. The third kappa shape index (κ3) is 53.0. The fourth-order valence-corrected chi connectivity index (χ4v) is 8.80. The summed E-state index contributed by atoms with van der Waals surface area (Å²) in [5, 5.41) is 23.1. The van der Waals surface area contributed by atoms with E-state index in [-0.39, 0.29) is 18.5 Å². The van der Waals surface area contributed by atoms with Gasteiger partial charge in [-0.3, -0.25) is 9.59 Å². The molecule has 0 aromatic carbocycles. The molecular formula is C61H113NO5. The number of amides is 1. The molecular weight excluding hydrogens is 827 g/mol. The van der Waals surface area contributed by atoms with E-state index in [0.29, 0.717) is 25.9 Å². The zero-order chi connectivity index (χ0) is 48.6. The average molecular weight is 941 g/mol. The van der Waals surface area contributed by atoms with Gasteiger partial charge in [0.25, 0.3) is 0 Å². The molecule has 2 unspecified atom stereocenters. The Hall–Kier alpha value is -2.18. The molecule has 0 heterocycles. The molecule has 6 heteroatoms. The number of hydrogen-bond acceptors (Lipinski definition) is 5. The molecule has 0 rings (SSSR count). The number of unbranched alkanes of at least 4 members (excludes halogenated alkanes) is 37. The van der Waals surface area contributed by atoms with Crippen molar-refractivity contribution < 1.29 is 24.5 Å². The highest BCUT2D eigenvalue weighted by Gasteiger charge is 2.17. The third-order valence-corrected chi connectivity index (χ3v) is 13.3. The zero-order valence-corrected chi connectivity index (χ0v) is 44.6. The molecule has 0 aromatic heterocycles. The molecule has 0 saturated heterocycles. The molecule has 0 spiro atoms. The van der Waals surface area contributed by atoms with Crippen molar-refractivity contribution >= 4 is 11.9 Å². The van der Waals surface area contributed by atoms with Crippen LogP contribution in [0.25, 0.3) is 0 Å².